The normalized spacial score (nSPS) is 10.9. The van der Waals surface area contributed by atoms with Crippen LogP contribution in [0.5, 0.6) is 0 Å². The Labute approximate surface area is 231 Å². The van der Waals surface area contributed by atoms with E-state index >= 15 is 0 Å². The summed E-state index contributed by atoms with van der Waals surface area (Å²) in [4.78, 5) is 15.0. The molecule has 3 aromatic carbocycles. The van der Waals surface area contributed by atoms with E-state index in [1.807, 2.05) is 48.5 Å². The van der Waals surface area contributed by atoms with Crippen LogP contribution in [0.15, 0.2) is 101 Å². The second-order valence-corrected chi connectivity index (χ2v) is 8.73. The maximum Gasteiger partial charge on any atom is 0.155 e. The molecule has 0 unspecified atom stereocenters. The van der Waals surface area contributed by atoms with E-state index in [2.05, 4.69) is 56.3 Å². The van der Waals surface area contributed by atoms with E-state index < -0.39 is 0 Å². The summed E-state index contributed by atoms with van der Waals surface area (Å²) < 4.78 is 6.31. The molecule has 0 aliphatic rings. The van der Waals surface area contributed by atoms with Gasteiger partial charge in [-0.05, 0) is 31.2 Å². The predicted octanol–water partition coefficient (Wildman–Crippen LogP) is 8.28. The molecule has 37 heavy (non-hydrogen) atoms. The fourth-order valence-corrected chi connectivity index (χ4v) is 4.12. The molecular formula is C32H28IrNO3-. The van der Waals surface area contributed by atoms with Crippen molar-refractivity contribution in [2.75, 3.05) is 0 Å². The summed E-state index contributed by atoms with van der Waals surface area (Å²) in [7, 11) is 0. The van der Waals surface area contributed by atoms with Crippen LogP contribution in [0.3, 0.4) is 0 Å². The molecule has 2 aromatic heterocycles. The van der Waals surface area contributed by atoms with E-state index in [9.17, 15) is 4.79 Å². The number of rotatable bonds is 4. The Balaban J connectivity index is 0.000000422. The van der Waals surface area contributed by atoms with Crippen molar-refractivity contribution >= 4 is 16.9 Å². The van der Waals surface area contributed by atoms with Gasteiger partial charge in [-0.2, -0.15) is 0 Å². The van der Waals surface area contributed by atoms with E-state index in [4.69, 9.17) is 14.5 Å². The van der Waals surface area contributed by atoms with Crippen LogP contribution in [0.25, 0.3) is 44.8 Å². The van der Waals surface area contributed by atoms with Crippen molar-refractivity contribution in [3.8, 4) is 33.7 Å². The number of benzene rings is 3. The quantitative estimate of drug-likeness (QED) is 0.119. The van der Waals surface area contributed by atoms with Crippen molar-refractivity contribution in [3.63, 3.8) is 0 Å². The van der Waals surface area contributed by atoms with Crippen LogP contribution in [0.4, 0.5) is 0 Å². The third-order valence-corrected chi connectivity index (χ3v) is 5.47. The van der Waals surface area contributed by atoms with Crippen LogP contribution < -0.4 is 0 Å². The van der Waals surface area contributed by atoms with Gasteiger partial charge >= 0.3 is 0 Å². The van der Waals surface area contributed by atoms with Crippen LogP contribution in [-0.4, -0.2) is 15.9 Å². The Morgan fingerprint density at radius 3 is 2.05 bits per heavy atom. The number of allylic oxidation sites excluding steroid dienone is 2. The summed E-state index contributed by atoms with van der Waals surface area (Å²) in [5.74, 6) is 0.786. The molecule has 0 amide bonds. The number of fused-ring (bicyclic) bond motifs is 1. The predicted molar refractivity (Wildman–Crippen MR) is 146 cm³/mol. The molecule has 0 spiro atoms. The number of hydrogen-bond acceptors (Lipinski definition) is 4. The van der Waals surface area contributed by atoms with E-state index in [0.29, 0.717) is 0 Å². The van der Waals surface area contributed by atoms with E-state index in [1.54, 1.807) is 0 Å². The van der Waals surface area contributed by atoms with E-state index in [1.165, 1.54) is 25.5 Å². The maximum absolute atomic E-state index is 10.0. The van der Waals surface area contributed by atoms with Crippen molar-refractivity contribution in [1.29, 1.82) is 0 Å². The van der Waals surface area contributed by atoms with Crippen molar-refractivity contribution in [2.24, 2.45) is 0 Å². The molecule has 0 aliphatic heterocycles. The molecule has 2 heterocycles. The van der Waals surface area contributed by atoms with Crippen molar-refractivity contribution in [3.05, 3.63) is 114 Å². The van der Waals surface area contributed by atoms with Crippen molar-refractivity contribution in [1.82, 2.24) is 4.98 Å². The van der Waals surface area contributed by atoms with Crippen molar-refractivity contribution < 1.29 is 34.4 Å². The summed E-state index contributed by atoms with van der Waals surface area (Å²) in [5, 5.41) is 8.36. The number of pyridine rings is 1. The summed E-state index contributed by atoms with van der Waals surface area (Å²) in [6, 6.07) is 32.3. The largest absolute Gasteiger partial charge is 0.512 e. The standard InChI is InChI=1S/C27H20NO.C5H8O2.Ir/c1-18-15-19(2)17-22(16-18)23-13-14-24-26(28-23)25(20-9-5-3-6-10-20)27(29-24)21-11-7-4-8-12-21;1-4(6)3-5(2)7;/h3-16H,1-2H3;3,6H,1-2H3;/q-1;;/b;4-3-;. The molecule has 189 valence electrons. The third kappa shape index (κ3) is 6.91. The van der Waals surface area contributed by atoms with Crippen LogP contribution >= 0.6 is 0 Å². The summed E-state index contributed by atoms with van der Waals surface area (Å²) >= 11 is 0. The second kappa shape index (κ2) is 12.4. The molecule has 0 atom stereocenters. The summed E-state index contributed by atoms with van der Waals surface area (Å²) in [6.45, 7) is 7.01. The monoisotopic (exact) mass is 667 g/mol. The molecule has 5 heteroatoms. The van der Waals surface area contributed by atoms with Crippen LogP contribution in [0, 0.1) is 19.9 Å². The molecule has 0 fully saturated rings. The van der Waals surface area contributed by atoms with Gasteiger partial charge in [0, 0.05) is 31.7 Å². The molecule has 1 N–H and O–H groups in total. The number of aliphatic hydroxyl groups is 1. The van der Waals surface area contributed by atoms with Gasteiger partial charge in [-0.15, -0.1) is 34.9 Å². The van der Waals surface area contributed by atoms with Gasteiger partial charge in [0.05, 0.1) is 11.3 Å². The number of nitrogens with zero attached hydrogens (tertiary/aromatic N) is 1. The molecule has 1 radical (unpaired) electrons. The van der Waals surface area contributed by atoms with Gasteiger partial charge in [0.15, 0.2) is 11.4 Å². The Morgan fingerprint density at radius 2 is 1.51 bits per heavy atom. The Morgan fingerprint density at radius 1 is 0.892 bits per heavy atom. The topological polar surface area (TPSA) is 63.3 Å². The minimum atomic E-state index is -0.125. The summed E-state index contributed by atoms with van der Waals surface area (Å²) in [6.07, 6.45) is 1.17. The first kappa shape index (κ1) is 27.8. The van der Waals surface area contributed by atoms with E-state index in [0.717, 1.165) is 50.4 Å². The zero-order chi connectivity index (χ0) is 25.7. The number of carbonyl (C=O) groups excluding carboxylic acids is 1. The number of carbonyl (C=O) groups is 1. The average Bonchev–Trinajstić information content (AvgIpc) is 3.23. The average molecular weight is 667 g/mol. The first-order chi connectivity index (χ1) is 17.3. The number of furan rings is 1. The number of aliphatic hydroxyl groups excluding tert-OH is 1. The van der Waals surface area contributed by atoms with Gasteiger partial charge in [0.25, 0.3) is 0 Å². The second-order valence-electron chi connectivity index (χ2n) is 8.73. The number of hydrogen-bond donors (Lipinski definition) is 1. The zero-order valence-electron chi connectivity index (χ0n) is 21.2. The minimum absolute atomic E-state index is 0. The van der Waals surface area contributed by atoms with Crippen molar-refractivity contribution in [2.45, 2.75) is 27.7 Å². The number of ketones is 1. The smallest absolute Gasteiger partial charge is 0.155 e. The van der Waals surface area contributed by atoms with Crippen LogP contribution in [-0.2, 0) is 24.9 Å². The van der Waals surface area contributed by atoms with Gasteiger partial charge in [0.2, 0.25) is 0 Å². The Kier molecular flexibility index (Phi) is 9.35. The molecule has 5 rings (SSSR count). The van der Waals surface area contributed by atoms with E-state index in [-0.39, 0.29) is 31.6 Å². The van der Waals surface area contributed by atoms with Gasteiger partial charge in [-0.25, -0.2) is 0 Å². The first-order valence-electron chi connectivity index (χ1n) is 11.7. The molecular weight excluding hydrogens is 639 g/mol. The molecule has 0 aliphatic carbocycles. The third-order valence-electron chi connectivity index (χ3n) is 5.47. The molecule has 4 nitrogen and oxygen atoms in total. The molecule has 0 saturated heterocycles. The fourth-order valence-electron chi connectivity index (χ4n) is 4.12. The number of aromatic nitrogens is 1. The first-order valence-corrected chi connectivity index (χ1v) is 11.7. The van der Waals surface area contributed by atoms with Crippen LogP contribution in [0.1, 0.15) is 25.0 Å². The minimum Gasteiger partial charge on any atom is -0.512 e. The zero-order valence-corrected chi connectivity index (χ0v) is 23.6. The van der Waals surface area contributed by atoms with Gasteiger partial charge in [-0.1, -0.05) is 80.6 Å². The van der Waals surface area contributed by atoms with Gasteiger partial charge in [0.1, 0.15) is 11.3 Å². The molecule has 0 saturated carbocycles. The Hall–Kier alpha value is -3.79. The number of aryl methyl sites for hydroxylation is 2. The molecule has 0 bridgehead atoms. The fraction of sp³-hybridized carbons (Fsp3) is 0.125. The van der Waals surface area contributed by atoms with Crippen LogP contribution in [0.2, 0.25) is 0 Å². The van der Waals surface area contributed by atoms with Gasteiger partial charge < -0.3 is 9.52 Å². The Bertz CT molecular complexity index is 1510. The SMILES string of the molecule is CC(=O)/C=C(/C)O.Cc1[c-]c(-c2ccc3oc(-c4ccccc4)c(-c4ccccc4)c3n2)cc(C)c1.[Ir]. The van der Waals surface area contributed by atoms with Gasteiger partial charge in [-0.3, -0.25) is 9.78 Å². The summed E-state index contributed by atoms with van der Waals surface area (Å²) in [5.41, 5.74) is 9.06. The molecule has 5 aromatic rings. The maximum atomic E-state index is 10.0.